The van der Waals surface area contributed by atoms with Crippen molar-refractivity contribution in [2.24, 2.45) is 0 Å². The summed E-state index contributed by atoms with van der Waals surface area (Å²) in [6.07, 6.45) is 7.17. The Balaban J connectivity index is 1.89. The first kappa shape index (κ1) is 12.7. The lowest BCUT2D eigenvalue weighted by Crippen LogP contribution is -2.30. The maximum absolute atomic E-state index is 4.47. The van der Waals surface area contributed by atoms with Gasteiger partial charge in [0.2, 0.25) is 0 Å². The molecule has 0 aliphatic carbocycles. The summed E-state index contributed by atoms with van der Waals surface area (Å²) < 4.78 is 0. The first-order valence-corrected chi connectivity index (χ1v) is 7.94. The molecule has 0 spiro atoms. The van der Waals surface area contributed by atoms with E-state index in [-0.39, 0.29) is 0 Å². The van der Waals surface area contributed by atoms with Crippen molar-refractivity contribution in [2.75, 3.05) is 23.7 Å². The Morgan fingerprint density at radius 3 is 3.21 bits per heavy atom. The second kappa shape index (κ2) is 5.77. The summed E-state index contributed by atoms with van der Waals surface area (Å²) in [4.78, 5) is 18.4. The summed E-state index contributed by atoms with van der Waals surface area (Å²) in [5.74, 6) is 2.19. The third-order valence-corrected chi connectivity index (χ3v) is 4.72. The molecule has 1 saturated heterocycles. The maximum atomic E-state index is 4.47. The highest BCUT2D eigenvalue weighted by molar-refractivity contribution is 7.99. The largest absolute Gasteiger partial charge is 0.354 e. The van der Waals surface area contributed by atoms with Gasteiger partial charge in [-0.1, -0.05) is 13.3 Å². The van der Waals surface area contributed by atoms with E-state index in [1.807, 2.05) is 0 Å². The number of nitrogens with one attached hydrogen (secondary N) is 1. The Morgan fingerprint density at radius 2 is 2.32 bits per heavy atom. The smallest absolute Gasteiger partial charge is 0.182 e. The van der Waals surface area contributed by atoms with Gasteiger partial charge in [0.1, 0.15) is 11.8 Å². The first-order valence-electron chi connectivity index (χ1n) is 6.89. The van der Waals surface area contributed by atoms with E-state index in [0.29, 0.717) is 5.25 Å². The molecule has 1 fully saturated rings. The zero-order valence-electron chi connectivity index (χ0n) is 11.2. The Morgan fingerprint density at radius 1 is 1.37 bits per heavy atom. The topological polar surface area (TPSA) is 57.7 Å². The van der Waals surface area contributed by atoms with Crippen molar-refractivity contribution in [3.8, 4) is 0 Å². The lowest BCUT2D eigenvalue weighted by Gasteiger charge is -2.25. The van der Waals surface area contributed by atoms with Gasteiger partial charge in [-0.2, -0.15) is 11.8 Å². The summed E-state index contributed by atoms with van der Waals surface area (Å²) >= 11 is 2.06. The summed E-state index contributed by atoms with van der Waals surface area (Å²) in [6.45, 7) is 4.38. The van der Waals surface area contributed by atoms with Gasteiger partial charge in [0, 0.05) is 18.3 Å². The van der Waals surface area contributed by atoms with E-state index < -0.39 is 0 Å². The number of hydrogen-bond donors (Lipinski definition) is 1. The molecule has 1 N–H and O–H groups in total. The molecule has 3 heterocycles. The Labute approximate surface area is 117 Å². The van der Waals surface area contributed by atoms with Crippen LogP contribution in [-0.2, 0) is 0 Å². The zero-order valence-corrected chi connectivity index (χ0v) is 12.0. The number of imidazole rings is 1. The second-order valence-corrected chi connectivity index (χ2v) is 6.39. The summed E-state index contributed by atoms with van der Waals surface area (Å²) in [5, 5.41) is 0.709. The normalized spacial score (nSPS) is 20.7. The third kappa shape index (κ3) is 2.68. The highest BCUT2D eigenvalue weighted by Crippen LogP contribution is 2.27. The molecular weight excluding hydrogens is 258 g/mol. The number of aromatic nitrogens is 4. The van der Waals surface area contributed by atoms with Crippen LogP contribution < -0.4 is 4.90 Å². The third-order valence-electron chi connectivity index (χ3n) is 3.53. The maximum Gasteiger partial charge on any atom is 0.182 e. The minimum absolute atomic E-state index is 0.709. The van der Waals surface area contributed by atoms with Gasteiger partial charge in [0.05, 0.1) is 6.33 Å². The van der Waals surface area contributed by atoms with Crippen LogP contribution in [0.4, 0.5) is 5.82 Å². The number of anilines is 1. The van der Waals surface area contributed by atoms with Gasteiger partial charge in [-0.15, -0.1) is 0 Å². The first-order chi connectivity index (χ1) is 9.38. The van der Waals surface area contributed by atoms with E-state index in [1.54, 1.807) is 12.7 Å². The average Bonchev–Trinajstić information content (AvgIpc) is 2.79. The fraction of sp³-hybridized carbons (Fsp3) is 0.615. The van der Waals surface area contributed by atoms with Crippen LogP contribution in [0.25, 0.3) is 11.2 Å². The summed E-state index contributed by atoms with van der Waals surface area (Å²) in [5.41, 5.74) is 1.72. The Hall–Kier alpha value is -1.30. The Bertz CT molecular complexity index is 541. The fourth-order valence-corrected chi connectivity index (χ4v) is 3.75. The number of aromatic amines is 1. The van der Waals surface area contributed by atoms with Crippen molar-refractivity contribution in [2.45, 2.75) is 31.4 Å². The zero-order chi connectivity index (χ0) is 13.1. The van der Waals surface area contributed by atoms with Crippen molar-refractivity contribution in [3.05, 3.63) is 12.7 Å². The fourth-order valence-electron chi connectivity index (χ4n) is 2.66. The molecule has 5 nitrogen and oxygen atoms in total. The molecule has 6 heteroatoms. The molecule has 1 aliphatic heterocycles. The monoisotopic (exact) mass is 277 g/mol. The standard InChI is InChI=1S/C13H19N5S/c1-2-19-10-5-3-4-6-18(7-10)13-11-12(15-8-14-11)16-9-17-13/h8-10H,2-7H2,1H3,(H,14,15,16,17)/t10-/m0/s1. The molecule has 1 atom stereocenters. The van der Waals surface area contributed by atoms with Crippen molar-refractivity contribution in [3.63, 3.8) is 0 Å². The molecule has 102 valence electrons. The molecule has 2 aromatic rings. The molecule has 0 bridgehead atoms. The average molecular weight is 277 g/mol. The number of H-pyrrole nitrogens is 1. The van der Waals surface area contributed by atoms with Crippen LogP contribution in [0.5, 0.6) is 0 Å². The molecule has 19 heavy (non-hydrogen) atoms. The highest BCUT2D eigenvalue weighted by atomic mass is 32.2. The van der Waals surface area contributed by atoms with Crippen LogP contribution in [0.15, 0.2) is 12.7 Å². The van der Waals surface area contributed by atoms with Crippen molar-refractivity contribution < 1.29 is 0 Å². The molecule has 3 rings (SSSR count). The summed E-state index contributed by atoms with van der Waals surface area (Å²) in [7, 11) is 0. The van der Waals surface area contributed by atoms with E-state index in [1.165, 1.54) is 25.0 Å². The quantitative estimate of drug-likeness (QED) is 0.934. The summed E-state index contributed by atoms with van der Waals surface area (Å²) in [6, 6.07) is 0. The Kier molecular flexibility index (Phi) is 3.87. The number of rotatable bonds is 3. The van der Waals surface area contributed by atoms with Gasteiger partial charge >= 0.3 is 0 Å². The van der Waals surface area contributed by atoms with Gasteiger partial charge in [-0.05, 0) is 18.6 Å². The van der Waals surface area contributed by atoms with E-state index in [0.717, 1.165) is 30.1 Å². The minimum Gasteiger partial charge on any atom is -0.354 e. The van der Waals surface area contributed by atoms with Gasteiger partial charge in [-0.25, -0.2) is 15.0 Å². The van der Waals surface area contributed by atoms with E-state index in [4.69, 9.17) is 0 Å². The lowest BCUT2D eigenvalue weighted by atomic mass is 10.2. The molecular formula is C13H19N5S. The number of hydrogen-bond acceptors (Lipinski definition) is 5. The number of nitrogens with zero attached hydrogens (tertiary/aromatic N) is 4. The van der Waals surface area contributed by atoms with E-state index in [2.05, 4.69) is 43.5 Å². The van der Waals surface area contributed by atoms with Crippen LogP contribution in [-0.4, -0.2) is 44.0 Å². The minimum atomic E-state index is 0.709. The molecule has 0 aromatic carbocycles. The van der Waals surface area contributed by atoms with E-state index >= 15 is 0 Å². The predicted octanol–water partition coefficient (Wildman–Crippen LogP) is 2.46. The van der Waals surface area contributed by atoms with Crippen LogP contribution in [0.1, 0.15) is 26.2 Å². The van der Waals surface area contributed by atoms with Gasteiger partial charge in [0.15, 0.2) is 11.5 Å². The van der Waals surface area contributed by atoms with Crippen LogP contribution in [0, 0.1) is 0 Å². The number of fused-ring (bicyclic) bond motifs is 1. The van der Waals surface area contributed by atoms with Crippen molar-refractivity contribution >= 4 is 28.7 Å². The molecule has 1 aliphatic rings. The molecule has 0 saturated carbocycles. The highest BCUT2D eigenvalue weighted by Gasteiger charge is 2.21. The molecule has 0 radical (unpaired) electrons. The van der Waals surface area contributed by atoms with Crippen LogP contribution in [0.2, 0.25) is 0 Å². The van der Waals surface area contributed by atoms with Gasteiger partial charge < -0.3 is 9.88 Å². The van der Waals surface area contributed by atoms with Crippen LogP contribution in [0.3, 0.4) is 0 Å². The van der Waals surface area contributed by atoms with E-state index in [9.17, 15) is 0 Å². The molecule has 0 unspecified atom stereocenters. The van der Waals surface area contributed by atoms with Crippen LogP contribution >= 0.6 is 11.8 Å². The van der Waals surface area contributed by atoms with Crippen molar-refractivity contribution in [1.29, 1.82) is 0 Å². The predicted molar refractivity (Wildman–Crippen MR) is 79.7 cm³/mol. The molecule has 0 amide bonds. The molecule has 2 aromatic heterocycles. The number of thioether (sulfide) groups is 1. The van der Waals surface area contributed by atoms with Gasteiger partial charge in [0.25, 0.3) is 0 Å². The lowest BCUT2D eigenvalue weighted by molar-refractivity contribution is 0.735. The van der Waals surface area contributed by atoms with Crippen molar-refractivity contribution in [1.82, 2.24) is 19.9 Å². The van der Waals surface area contributed by atoms with Gasteiger partial charge in [-0.3, -0.25) is 0 Å². The second-order valence-electron chi connectivity index (χ2n) is 4.82. The SMILES string of the molecule is CCS[C@H]1CCCCN(c2ncnc3nc[nH]c23)C1.